The number of hydrogen-bond acceptors (Lipinski definition) is 3. The van der Waals surface area contributed by atoms with Gasteiger partial charge in [0.25, 0.3) is 0 Å². The molecule has 1 rings (SSSR count). The molecule has 0 saturated heterocycles. The maximum atomic E-state index is 11.7. The van der Waals surface area contributed by atoms with Crippen LogP contribution >= 0.6 is 0 Å². The minimum Gasteiger partial charge on any atom is -0.395 e. The number of aliphatic hydroxyl groups excluding tert-OH is 1. The quantitative estimate of drug-likeness (QED) is 0.731. The summed E-state index contributed by atoms with van der Waals surface area (Å²) in [6.45, 7) is 1.52. The third-order valence-electron chi connectivity index (χ3n) is 2.63. The van der Waals surface area contributed by atoms with Crippen molar-refractivity contribution < 1.29 is 13.5 Å². The lowest BCUT2D eigenvalue weighted by molar-refractivity contribution is 0.264. The van der Waals surface area contributed by atoms with Gasteiger partial charge in [-0.1, -0.05) is 19.3 Å². The van der Waals surface area contributed by atoms with Crippen molar-refractivity contribution in [3.05, 3.63) is 0 Å². The third kappa shape index (κ3) is 3.22. The topological polar surface area (TPSA) is 66.4 Å². The fourth-order valence-corrected chi connectivity index (χ4v) is 3.57. The average Bonchev–Trinajstić information content (AvgIpc) is 2.18. The molecule has 0 heterocycles. The van der Waals surface area contributed by atoms with Crippen molar-refractivity contribution in [2.45, 2.75) is 50.3 Å². The van der Waals surface area contributed by atoms with E-state index in [2.05, 4.69) is 4.72 Å². The Bertz CT molecular complexity index is 257. The summed E-state index contributed by atoms with van der Waals surface area (Å²) in [5.74, 6) is 0. The second kappa shape index (κ2) is 5.09. The van der Waals surface area contributed by atoms with Gasteiger partial charge in [0.2, 0.25) is 10.0 Å². The van der Waals surface area contributed by atoms with Crippen LogP contribution < -0.4 is 4.72 Å². The van der Waals surface area contributed by atoms with Gasteiger partial charge >= 0.3 is 0 Å². The second-order valence-electron chi connectivity index (χ2n) is 4.01. The summed E-state index contributed by atoms with van der Waals surface area (Å²) in [6, 6.07) is -0.373. The van der Waals surface area contributed by atoms with E-state index in [-0.39, 0.29) is 17.9 Å². The number of rotatable bonds is 4. The van der Waals surface area contributed by atoms with Crippen LogP contribution in [0.1, 0.15) is 39.0 Å². The molecular weight excluding hydrogens is 202 g/mol. The summed E-state index contributed by atoms with van der Waals surface area (Å²) in [7, 11) is -3.20. The molecule has 0 aromatic rings. The van der Waals surface area contributed by atoms with Crippen LogP contribution in [0.4, 0.5) is 0 Å². The maximum absolute atomic E-state index is 11.7. The van der Waals surface area contributed by atoms with E-state index in [9.17, 15) is 8.42 Å². The molecule has 1 atom stereocenters. The maximum Gasteiger partial charge on any atom is 0.214 e. The first kappa shape index (κ1) is 11.9. The van der Waals surface area contributed by atoms with E-state index >= 15 is 0 Å². The Balaban J connectivity index is 2.54. The first-order valence-corrected chi connectivity index (χ1v) is 6.73. The molecular formula is C9H19NO3S. The highest BCUT2D eigenvalue weighted by Crippen LogP contribution is 2.23. The largest absolute Gasteiger partial charge is 0.395 e. The first-order chi connectivity index (χ1) is 6.56. The van der Waals surface area contributed by atoms with E-state index < -0.39 is 10.0 Å². The zero-order valence-electron chi connectivity index (χ0n) is 8.57. The van der Waals surface area contributed by atoms with Gasteiger partial charge in [-0.25, -0.2) is 13.1 Å². The van der Waals surface area contributed by atoms with Crippen LogP contribution in [-0.2, 0) is 10.0 Å². The molecule has 1 fully saturated rings. The van der Waals surface area contributed by atoms with E-state index in [1.165, 1.54) is 0 Å². The molecule has 0 spiro atoms. The summed E-state index contributed by atoms with van der Waals surface area (Å²) >= 11 is 0. The highest BCUT2D eigenvalue weighted by molar-refractivity contribution is 7.90. The molecule has 0 radical (unpaired) electrons. The van der Waals surface area contributed by atoms with Gasteiger partial charge in [0, 0.05) is 6.04 Å². The summed E-state index contributed by atoms with van der Waals surface area (Å²) in [4.78, 5) is 0. The SMILES string of the molecule is C[C@H](CO)NS(=O)(=O)C1CCCCC1. The van der Waals surface area contributed by atoms with Crippen molar-refractivity contribution in [1.82, 2.24) is 4.72 Å². The van der Waals surface area contributed by atoms with E-state index in [1.54, 1.807) is 6.92 Å². The van der Waals surface area contributed by atoms with Gasteiger partial charge in [0.1, 0.15) is 0 Å². The monoisotopic (exact) mass is 221 g/mol. The van der Waals surface area contributed by atoms with Crippen LogP contribution in [0, 0.1) is 0 Å². The minimum atomic E-state index is -3.20. The lowest BCUT2D eigenvalue weighted by atomic mass is 10.0. The van der Waals surface area contributed by atoms with Gasteiger partial charge in [0.15, 0.2) is 0 Å². The molecule has 0 unspecified atom stereocenters. The predicted octanol–water partition coefficient (Wildman–Crippen LogP) is 0.619. The molecule has 0 amide bonds. The number of nitrogens with one attached hydrogen (secondary N) is 1. The molecule has 1 saturated carbocycles. The predicted molar refractivity (Wildman–Crippen MR) is 55.5 cm³/mol. The zero-order valence-corrected chi connectivity index (χ0v) is 9.39. The smallest absolute Gasteiger partial charge is 0.214 e. The molecule has 2 N–H and O–H groups in total. The van der Waals surface area contributed by atoms with Crippen molar-refractivity contribution in [1.29, 1.82) is 0 Å². The van der Waals surface area contributed by atoms with Crippen LogP contribution in [0.15, 0.2) is 0 Å². The highest BCUT2D eigenvalue weighted by Gasteiger charge is 2.27. The molecule has 0 bridgehead atoms. The van der Waals surface area contributed by atoms with Crippen LogP contribution in [0.3, 0.4) is 0 Å². The van der Waals surface area contributed by atoms with E-state index in [1.807, 2.05) is 0 Å². The molecule has 0 aliphatic heterocycles. The second-order valence-corrected chi connectivity index (χ2v) is 6.00. The van der Waals surface area contributed by atoms with Crippen molar-refractivity contribution in [3.63, 3.8) is 0 Å². The van der Waals surface area contributed by atoms with Gasteiger partial charge in [-0.05, 0) is 19.8 Å². The normalized spacial score (nSPS) is 22.1. The van der Waals surface area contributed by atoms with E-state index in [0.717, 1.165) is 32.1 Å². The molecule has 1 aliphatic carbocycles. The highest BCUT2D eigenvalue weighted by atomic mass is 32.2. The summed E-state index contributed by atoms with van der Waals surface area (Å²) in [5.41, 5.74) is 0. The van der Waals surface area contributed by atoms with Crippen LogP contribution in [0.25, 0.3) is 0 Å². The molecule has 5 heteroatoms. The molecule has 4 nitrogen and oxygen atoms in total. The van der Waals surface area contributed by atoms with Gasteiger partial charge < -0.3 is 5.11 Å². The van der Waals surface area contributed by atoms with Crippen molar-refractivity contribution >= 4 is 10.0 Å². The fourth-order valence-electron chi connectivity index (χ4n) is 1.79. The Kier molecular flexibility index (Phi) is 4.34. The molecule has 1 aliphatic rings. The van der Waals surface area contributed by atoms with Crippen molar-refractivity contribution in [3.8, 4) is 0 Å². The molecule has 84 valence electrons. The zero-order chi connectivity index (χ0) is 10.6. The fraction of sp³-hybridized carbons (Fsp3) is 1.00. The Hall–Kier alpha value is -0.130. The minimum absolute atomic E-state index is 0.147. The Labute approximate surface area is 85.8 Å². The van der Waals surface area contributed by atoms with E-state index in [0.29, 0.717) is 0 Å². The van der Waals surface area contributed by atoms with Gasteiger partial charge in [-0.3, -0.25) is 0 Å². The molecule has 0 aromatic carbocycles. The standard InChI is InChI=1S/C9H19NO3S/c1-8(7-11)10-14(12,13)9-5-3-2-4-6-9/h8-11H,2-7H2,1H3/t8-/m1/s1. The van der Waals surface area contributed by atoms with Gasteiger partial charge in [0.05, 0.1) is 11.9 Å². The lowest BCUT2D eigenvalue weighted by Crippen LogP contribution is -2.41. The van der Waals surface area contributed by atoms with Crippen molar-refractivity contribution in [2.24, 2.45) is 0 Å². The first-order valence-electron chi connectivity index (χ1n) is 5.18. The van der Waals surface area contributed by atoms with E-state index in [4.69, 9.17) is 5.11 Å². The van der Waals surface area contributed by atoms with Crippen LogP contribution in [0.2, 0.25) is 0 Å². The number of sulfonamides is 1. The summed E-state index contributed by atoms with van der Waals surface area (Å²) < 4.78 is 26.0. The summed E-state index contributed by atoms with van der Waals surface area (Å²) in [5, 5.41) is 8.52. The van der Waals surface area contributed by atoms with Gasteiger partial charge in [-0.2, -0.15) is 0 Å². The van der Waals surface area contributed by atoms with Crippen LogP contribution in [-0.4, -0.2) is 31.4 Å². The number of aliphatic hydroxyl groups is 1. The molecule has 14 heavy (non-hydrogen) atoms. The molecule has 0 aromatic heterocycles. The Morgan fingerprint density at radius 3 is 2.43 bits per heavy atom. The summed E-state index contributed by atoms with van der Waals surface area (Å²) in [6.07, 6.45) is 4.65. The van der Waals surface area contributed by atoms with Crippen LogP contribution in [0.5, 0.6) is 0 Å². The third-order valence-corrected chi connectivity index (χ3v) is 4.71. The lowest BCUT2D eigenvalue weighted by Gasteiger charge is -2.23. The Morgan fingerprint density at radius 2 is 1.93 bits per heavy atom. The Morgan fingerprint density at radius 1 is 1.36 bits per heavy atom. The number of hydrogen-bond donors (Lipinski definition) is 2. The van der Waals surface area contributed by atoms with Crippen molar-refractivity contribution in [2.75, 3.05) is 6.61 Å². The average molecular weight is 221 g/mol. The van der Waals surface area contributed by atoms with Gasteiger partial charge in [-0.15, -0.1) is 0 Å².